The predicted octanol–water partition coefficient (Wildman–Crippen LogP) is 0.504. The molecule has 0 aliphatic carbocycles. The number of ether oxygens (including phenoxy) is 1. The van der Waals surface area contributed by atoms with Gasteiger partial charge in [0, 0.05) is 39.6 Å². The molecule has 3 N–H and O–H groups in total. The molecule has 1 amide bonds. The molecule has 0 atom stereocenters. The highest BCUT2D eigenvalue weighted by Gasteiger charge is 2.37. The fourth-order valence-corrected chi connectivity index (χ4v) is 2.36. The van der Waals surface area contributed by atoms with Crippen molar-refractivity contribution >= 4 is 5.91 Å². The van der Waals surface area contributed by atoms with E-state index in [4.69, 9.17) is 10.5 Å². The van der Waals surface area contributed by atoms with E-state index in [1.54, 1.807) is 11.9 Å². The molecule has 18 heavy (non-hydrogen) atoms. The molecule has 1 aliphatic heterocycles. The lowest BCUT2D eigenvalue weighted by Crippen LogP contribution is -2.57. The van der Waals surface area contributed by atoms with Gasteiger partial charge in [0.15, 0.2) is 0 Å². The largest absolute Gasteiger partial charge is 0.388 e. The van der Waals surface area contributed by atoms with E-state index in [0.717, 1.165) is 0 Å². The summed E-state index contributed by atoms with van der Waals surface area (Å²) in [5.41, 5.74) is 4.45. The smallest absolute Gasteiger partial charge is 0.242 e. The zero-order valence-electron chi connectivity index (χ0n) is 11.7. The van der Waals surface area contributed by atoms with Crippen LogP contribution in [0.4, 0.5) is 0 Å². The summed E-state index contributed by atoms with van der Waals surface area (Å²) in [4.78, 5) is 13.9. The second-order valence-corrected chi connectivity index (χ2v) is 5.36. The molecule has 0 aromatic rings. The lowest BCUT2D eigenvalue weighted by atomic mass is 9.90. The molecule has 0 unspecified atom stereocenters. The van der Waals surface area contributed by atoms with E-state index < -0.39 is 11.1 Å². The van der Waals surface area contributed by atoms with Crippen LogP contribution in [0.1, 0.15) is 39.5 Å². The molecule has 5 nitrogen and oxygen atoms in total. The molecule has 5 heteroatoms. The molecule has 1 saturated heterocycles. The summed E-state index contributed by atoms with van der Waals surface area (Å²) < 4.78 is 5.23. The molecule has 0 saturated carbocycles. The number of carbonyl (C=O) groups is 1. The van der Waals surface area contributed by atoms with Gasteiger partial charge in [0.05, 0.1) is 11.1 Å². The fraction of sp³-hybridized carbons (Fsp3) is 0.923. The highest BCUT2D eigenvalue weighted by molar-refractivity contribution is 5.85. The van der Waals surface area contributed by atoms with E-state index >= 15 is 0 Å². The van der Waals surface area contributed by atoms with Crippen molar-refractivity contribution in [3.63, 3.8) is 0 Å². The Bertz CT molecular complexity index is 284. The van der Waals surface area contributed by atoms with E-state index in [2.05, 4.69) is 0 Å². The number of hydrogen-bond donors (Lipinski definition) is 2. The van der Waals surface area contributed by atoms with Crippen LogP contribution < -0.4 is 5.73 Å². The van der Waals surface area contributed by atoms with Crippen LogP contribution in [-0.4, -0.2) is 53.9 Å². The van der Waals surface area contributed by atoms with Crippen LogP contribution in [0.2, 0.25) is 0 Å². The van der Waals surface area contributed by atoms with Crippen LogP contribution >= 0.6 is 0 Å². The van der Waals surface area contributed by atoms with E-state index in [1.807, 2.05) is 13.8 Å². The first-order valence-corrected chi connectivity index (χ1v) is 6.71. The lowest BCUT2D eigenvalue weighted by molar-refractivity contribution is -0.142. The van der Waals surface area contributed by atoms with Crippen molar-refractivity contribution in [1.82, 2.24) is 4.90 Å². The first kappa shape index (κ1) is 15.4. The molecule has 0 aromatic heterocycles. The summed E-state index contributed by atoms with van der Waals surface area (Å²) in [5, 5.41) is 10.4. The van der Waals surface area contributed by atoms with Gasteiger partial charge in [-0.1, -0.05) is 13.8 Å². The summed E-state index contributed by atoms with van der Waals surface area (Å²) in [6, 6.07) is 0. The number of nitrogens with two attached hydrogens (primary N) is 1. The molecular formula is C13H26N2O3. The van der Waals surface area contributed by atoms with Crippen molar-refractivity contribution in [2.75, 3.05) is 26.8 Å². The molecule has 0 bridgehead atoms. The molecule has 0 radical (unpaired) electrons. The van der Waals surface area contributed by atoms with Gasteiger partial charge in [0.1, 0.15) is 0 Å². The van der Waals surface area contributed by atoms with E-state index in [1.165, 1.54) is 0 Å². The van der Waals surface area contributed by atoms with Gasteiger partial charge in [-0.3, -0.25) is 4.79 Å². The standard InChI is InChI=1S/C13H26N2O3/c1-4-13(14,5-2)11(16)15(3)10-12(17)6-8-18-9-7-12/h17H,4-10,14H2,1-3H3. The van der Waals surface area contributed by atoms with Gasteiger partial charge in [-0.25, -0.2) is 0 Å². The maximum absolute atomic E-state index is 12.3. The van der Waals surface area contributed by atoms with Crippen molar-refractivity contribution in [2.24, 2.45) is 5.73 Å². The normalized spacial score (nSPS) is 19.6. The molecule has 1 aliphatic rings. The van der Waals surface area contributed by atoms with Crippen molar-refractivity contribution in [3.8, 4) is 0 Å². The minimum absolute atomic E-state index is 0.0904. The molecule has 0 spiro atoms. The Morgan fingerprint density at radius 3 is 2.33 bits per heavy atom. The van der Waals surface area contributed by atoms with Crippen LogP contribution in [-0.2, 0) is 9.53 Å². The first-order chi connectivity index (χ1) is 8.37. The molecule has 0 aromatic carbocycles. The van der Waals surface area contributed by atoms with Crippen molar-refractivity contribution in [3.05, 3.63) is 0 Å². The molecule has 1 fully saturated rings. The second-order valence-electron chi connectivity index (χ2n) is 5.36. The van der Waals surface area contributed by atoms with Crippen LogP contribution in [0.3, 0.4) is 0 Å². The minimum Gasteiger partial charge on any atom is -0.388 e. The molecule has 106 valence electrons. The predicted molar refractivity (Wildman–Crippen MR) is 70.1 cm³/mol. The zero-order chi connectivity index (χ0) is 13.8. The van der Waals surface area contributed by atoms with Crippen LogP contribution in [0.25, 0.3) is 0 Å². The number of amides is 1. The third-order valence-corrected chi connectivity index (χ3v) is 3.99. The van der Waals surface area contributed by atoms with E-state index in [-0.39, 0.29) is 5.91 Å². The van der Waals surface area contributed by atoms with E-state index in [0.29, 0.717) is 45.4 Å². The van der Waals surface area contributed by atoms with Gasteiger partial charge in [-0.2, -0.15) is 0 Å². The number of aliphatic hydroxyl groups is 1. The van der Waals surface area contributed by atoms with Gasteiger partial charge < -0.3 is 20.5 Å². The minimum atomic E-state index is -0.828. The number of rotatable bonds is 5. The van der Waals surface area contributed by atoms with Gasteiger partial charge in [-0.15, -0.1) is 0 Å². The summed E-state index contributed by atoms with van der Waals surface area (Å²) >= 11 is 0. The van der Waals surface area contributed by atoms with Gasteiger partial charge in [0.2, 0.25) is 5.91 Å². The molecule has 1 heterocycles. The Morgan fingerprint density at radius 1 is 1.39 bits per heavy atom. The number of likely N-dealkylation sites (N-methyl/N-ethyl adjacent to an activating group) is 1. The van der Waals surface area contributed by atoms with Gasteiger partial charge >= 0.3 is 0 Å². The van der Waals surface area contributed by atoms with Crippen LogP contribution in [0, 0.1) is 0 Å². The number of hydrogen-bond acceptors (Lipinski definition) is 4. The summed E-state index contributed by atoms with van der Waals surface area (Å²) in [5.74, 6) is -0.0904. The Labute approximate surface area is 109 Å². The Morgan fingerprint density at radius 2 is 1.89 bits per heavy atom. The average molecular weight is 258 g/mol. The average Bonchev–Trinajstić information content (AvgIpc) is 2.37. The van der Waals surface area contributed by atoms with Crippen molar-refractivity contribution in [2.45, 2.75) is 50.7 Å². The monoisotopic (exact) mass is 258 g/mol. The van der Waals surface area contributed by atoms with Crippen molar-refractivity contribution < 1.29 is 14.6 Å². The lowest BCUT2D eigenvalue weighted by Gasteiger charge is -2.38. The van der Waals surface area contributed by atoms with Crippen LogP contribution in [0.15, 0.2) is 0 Å². The summed E-state index contributed by atoms with van der Waals surface area (Å²) in [6.07, 6.45) is 2.35. The quantitative estimate of drug-likeness (QED) is 0.753. The highest BCUT2D eigenvalue weighted by atomic mass is 16.5. The first-order valence-electron chi connectivity index (χ1n) is 6.71. The van der Waals surface area contributed by atoms with Gasteiger partial charge in [-0.05, 0) is 12.8 Å². The topological polar surface area (TPSA) is 75.8 Å². The Balaban J connectivity index is 2.64. The van der Waals surface area contributed by atoms with Crippen LogP contribution in [0.5, 0.6) is 0 Å². The molecule has 1 rings (SSSR count). The van der Waals surface area contributed by atoms with Crippen molar-refractivity contribution in [1.29, 1.82) is 0 Å². The fourth-order valence-electron chi connectivity index (χ4n) is 2.36. The summed E-state index contributed by atoms with van der Waals surface area (Å²) in [6.45, 7) is 5.26. The third kappa shape index (κ3) is 3.43. The Kier molecular flexibility index (Phi) is 5.13. The number of carbonyl (C=O) groups excluding carboxylic acids is 1. The highest BCUT2D eigenvalue weighted by Crippen LogP contribution is 2.23. The summed E-state index contributed by atoms with van der Waals surface area (Å²) in [7, 11) is 1.71. The molecular weight excluding hydrogens is 232 g/mol. The zero-order valence-corrected chi connectivity index (χ0v) is 11.7. The Hall–Kier alpha value is -0.650. The van der Waals surface area contributed by atoms with Gasteiger partial charge in [0.25, 0.3) is 0 Å². The maximum Gasteiger partial charge on any atom is 0.242 e. The SMILES string of the molecule is CCC(N)(CC)C(=O)N(C)CC1(O)CCOCC1. The third-order valence-electron chi connectivity index (χ3n) is 3.99. The maximum atomic E-state index is 12.3. The van der Waals surface area contributed by atoms with E-state index in [9.17, 15) is 9.90 Å². The second kappa shape index (κ2) is 5.99. The number of nitrogens with zero attached hydrogens (tertiary/aromatic N) is 1.